The highest BCUT2D eigenvalue weighted by Gasteiger charge is 2.19. The Morgan fingerprint density at radius 1 is 1.18 bits per heavy atom. The molecule has 0 aliphatic rings. The van der Waals surface area contributed by atoms with Gasteiger partial charge in [0, 0.05) is 11.8 Å². The molecule has 1 amide bonds. The van der Waals surface area contributed by atoms with Crippen molar-refractivity contribution < 1.29 is 14.3 Å². The van der Waals surface area contributed by atoms with Crippen LogP contribution in [0.15, 0.2) is 47.4 Å². The van der Waals surface area contributed by atoms with Gasteiger partial charge in [-0.25, -0.2) is 9.37 Å². The molecule has 0 radical (unpaired) electrons. The highest BCUT2D eigenvalue weighted by Crippen LogP contribution is 2.33. The number of phenolic OH excluding ortho intramolecular Hbond substituents is 1. The molecule has 4 rings (SSSR count). The first-order valence-corrected chi connectivity index (χ1v) is 10.5. The van der Waals surface area contributed by atoms with Gasteiger partial charge in [0.15, 0.2) is 5.75 Å². The van der Waals surface area contributed by atoms with Crippen molar-refractivity contribution in [1.29, 1.82) is 0 Å². The number of hydrogen-bond donors (Lipinski definition) is 2. The van der Waals surface area contributed by atoms with Gasteiger partial charge in [0.25, 0.3) is 11.5 Å². The van der Waals surface area contributed by atoms with Crippen molar-refractivity contribution in [3.05, 3.63) is 91.5 Å². The van der Waals surface area contributed by atoms with Crippen molar-refractivity contribution in [2.45, 2.75) is 20.4 Å². The van der Waals surface area contributed by atoms with Gasteiger partial charge in [-0.2, -0.15) is 0 Å². The lowest BCUT2D eigenvalue weighted by Crippen LogP contribution is -2.27. The van der Waals surface area contributed by atoms with Gasteiger partial charge in [-0.3, -0.25) is 19.1 Å². The molecule has 2 aromatic heterocycles. The lowest BCUT2D eigenvalue weighted by Gasteiger charge is -2.15. The summed E-state index contributed by atoms with van der Waals surface area (Å²) in [7, 11) is 0. The van der Waals surface area contributed by atoms with E-state index in [0.717, 1.165) is 5.56 Å². The Morgan fingerprint density at radius 2 is 1.88 bits per heavy atom. The lowest BCUT2D eigenvalue weighted by molar-refractivity contribution is 0.102. The number of carbonyl (C=O) groups is 1. The summed E-state index contributed by atoms with van der Waals surface area (Å²) < 4.78 is 15.5. The number of aromatic hydroxyl groups is 1. The van der Waals surface area contributed by atoms with E-state index in [1.165, 1.54) is 35.0 Å². The molecular weight excluding hydrogens is 470 g/mol. The molecule has 0 aliphatic heterocycles. The third kappa shape index (κ3) is 4.27. The monoisotopic (exact) mass is 486 g/mol. The average molecular weight is 487 g/mol. The highest BCUT2D eigenvalue weighted by molar-refractivity contribution is 6.37. The van der Waals surface area contributed by atoms with E-state index in [-0.39, 0.29) is 44.7 Å². The minimum absolute atomic E-state index is 0.0848. The number of nitrogens with one attached hydrogen (secondary N) is 1. The number of halogens is 3. The quantitative estimate of drug-likeness (QED) is 0.429. The first-order valence-electron chi connectivity index (χ1n) is 9.77. The smallest absolute Gasteiger partial charge is 0.263 e. The number of rotatable bonds is 4. The van der Waals surface area contributed by atoms with Gasteiger partial charge in [0.05, 0.1) is 38.9 Å². The van der Waals surface area contributed by atoms with Crippen LogP contribution in [0.5, 0.6) is 5.75 Å². The van der Waals surface area contributed by atoms with Crippen LogP contribution in [-0.2, 0) is 6.54 Å². The summed E-state index contributed by atoms with van der Waals surface area (Å²) in [5.74, 6) is -1.09. The molecule has 33 heavy (non-hydrogen) atoms. The number of amides is 1. The number of nitrogens with zero attached hydrogens (tertiary/aromatic N) is 3. The van der Waals surface area contributed by atoms with Crippen LogP contribution in [0.3, 0.4) is 0 Å². The lowest BCUT2D eigenvalue weighted by atomic mass is 10.1. The largest absolute Gasteiger partial charge is 0.505 e. The number of carbonyl (C=O) groups excluding carboxylic acids is 1. The van der Waals surface area contributed by atoms with Gasteiger partial charge in [0.2, 0.25) is 0 Å². The highest BCUT2D eigenvalue weighted by atomic mass is 35.5. The van der Waals surface area contributed by atoms with Crippen LogP contribution in [0.1, 0.15) is 27.4 Å². The summed E-state index contributed by atoms with van der Waals surface area (Å²) in [5.41, 5.74) is 1.09. The Morgan fingerprint density at radius 3 is 2.55 bits per heavy atom. The summed E-state index contributed by atoms with van der Waals surface area (Å²) in [6.07, 6.45) is 1.44. The van der Waals surface area contributed by atoms with E-state index in [0.29, 0.717) is 11.3 Å². The van der Waals surface area contributed by atoms with Crippen LogP contribution in [0.25, 0.3) is 10.9 Å². The van der Waals surface area contributed by atoms with Crippen molar-refractivity contribution in [2.24, 2.45) is 0 Å². The maximum atomic E-state index is 14.2. The second kappa shape index (κ2) is 8.80. The van der Waals surface area contributed by atoms with Crippen molar-refractivity contribution in [2.75, 3.05) is 5.32 Å². The van der Waals surface area contributed by atoms with Crippen LogP contribution in [0.4, 0.5) is 10.1 Å². The van der Waals surface area contributed by atoms with Gasteiger partial charge >= 0.3 is 0 Å². The summed E-state index contributed by atoms with van der Waals surface area (Å²) in [6, 6.07) is 8.57. The van der Waals surface area contributed by atoms with Crippen LogP contribution < -0.4 is 10.9 Å². The van der Waals surface area contributed by atoms with Gasteiger partial charge in [-0.05, 0) is 49.7 Å². The fraction of sp³-hybridized carbons (Fsp3) is 0.130. The zero-order valence-electron chi connectivity index (χ0n) is 17.5. The van der Waals surface area contributed by atoms with Crippen molar-refractivity contribution in [1.82, 2.24) is 14.5 Å². The van der Waals surface area contributed by atoms with Crippen LogP contribution in [-0.4, -0.2) is 25.5 Å². The standard InChI is InChI=1S/C23H17Cl2FN4O3/c1-11-5-6-17(29-22(32)13-8-14(24)21(31)15(25)9-13)19-20(11)28-12(2)30(23(19)33)10-18-16(26)4-3-7-27-18/h3-9,31H,10H2,1-2H3,(H,29,32). The first-order chi connectivity index (χ1) is 15.7. The van der Waals surface area contributed by atoms with Crippen LogP contribution >= 0.6 is 23.2 Å². The Labute approximate surface area is 197 Å². The molecule has 0 unspecified atom stereocenters. The minimum Gasteiger partial charge on any atom is -0.505 e. The summed E-state index contributed by atoms with van der Waals surface area (Å²) in [5, 5.41) is 12.4. The van der Waals surface area contributed by atoms with E-state index in [4.69, 9.17) is 23.2 Å². The Bertz CT molecular complexity index is 1460. The molecule has 0 atom stereocenters. The molecule has 0 saturated heterocycles. The number of benzene rings is 2. The van der Waals surface area contributed by atoms with Gasteiger partial charge in [-0.1, -0.05) is 29.3 Å². The first kappa shape index (κ1) is 22.7. The molecule has 0 bridgehead atoms. The molecule has 0 aliphatic carbocycles. The third-order valence-electron chi connectivity index (χ3n) is 5.17. The van der Waals surface area contributed by atoms with Crippen molar-refractivity contribution >= 4 is 45.7 Å². The van der Waals surface area contributed by atoms with Crippen molar-refractivity contribution in [3.8, 4) is 5.75 Å². The predicted molar refractivity (Wildman–Crippen MR) is 125 cm³/mol. The molecule has 7 nitrogen and oxygen atoms in total. The number of aryl methyl sites for hydroxylation is 2. The van der Waals surface area contributed by atoms with E-state index >= 15 is 0 Å². The van der Waals surface area contributed by atoms with E-state index in [2.05, 4.69) is 15.3 Å². The molecule has 2 heterocycles. The molecule has 10 heteroatoms. The molecule has 0 saturated carbocycles. The van der Waals surface area contributed by atoms with E-state index in [1.54, 1.807) is 26.0 Å². The molecule has 2 aromatic carbocycles. The van der Waals surface area contributed by atoms with E-state index in [1.807, 2.05) is 0 Å². The van der Waals surface area contributed by atoms with Crippen LogP contribution in [0, 0.1) is 19.7 Å². The summed E-state index contributed by atoms with van der Waals surface area (Å²) >= 11 is 11.8. The fourth-order valence-corrected chi connectivity index (χ4v) is 3.91. The molecule has 0 fully saturated rings. The molecule has 168 valence electrons. The van der Waals surface area contributed by atoms with Crippen LogP contribution in [0.2, 0.25) is 10.0 Å². The number of pyridine rings is 1. The SMILES string of the molecule is Cc1ccc(NC(=O)c2cc(Cl)c(O)c(Cl)c2)c2c(=O)n(Cc3ncccc3F)c(C)nc12. The normalized spacial score (nSPS) is 11.1. The third-order valence-corrected chi connectivity index (χ3v) is 5.75. The van der Waals surface area contributed by atoms with Gasteiger partial charge in [-0.15, -0.1) is 0 Å². The van der Waals surface area contributed by atoms with E-state index < -0.39 is 17.3 Å². The number of hydrogen-bond acceptors (Lipinski definition) is 5. The number of anilines is 1. The molecule has 2 N–H and O–H groups in total. The maximum absolute atomic E-state index is 14.2. The fourth-order valence-electron chi connectivity index (χ4n) is 3.43. The van der Waals surface area contributed by atoms with E-state index in [9.17, 15) is 19.1 Å². The summed E-state index contributed by atoms with van der Waals surface area (Å²) in [4.78, 5) is 34.9. The number of aromatic nitrogens is 3. The zero-order chi connectivity index (χ0) is 23.9. The summed E-state index contributed by atoms with van der Waals surface area (Å²) in [6.45, 7) is 3.32. The number of phenols is 1. The van der Waals surface area contributed by atoms with Gasteiger partial charge < -0.3 is 10.4 Å². The van der Waals surface area contributed by atoms with Crippen molar-refractivity contribution in [3.63, 3.8) is 0 Å². The maximum Gasteiger partial charge on any atom is 0.263 e. The average Bonchev–Trinajstić information content (AvgIpc) is 2.77. The second-order valence-electron chi connectivity index (χ2n) is 7.38. The Hall–Kier alpha value is -3.49. The molecular formula is C23H17Cl2FN4O3. The molecule has 4 aromatic rings. The second-order valence-corrected chi connectivity index (χ2v) is 8.19. The minimum atomic E-state index is -0.591. The zero-order valence-corrected chi connectivity index (χ0v) is 19.0. The Kier molecular flexibility index (Phi) is 6.05. The topological polar surface area (TPSA) is 97.1 Å². The Balaban J connectivity index is 1.83. The van der Waals surface area contributed by atoms with Gasteiger partial charge in [0.1, 0.15) is 11.6 Å². The number of fused-ring (bicyclic) bond motifs is 1. The molecule has 0 spiro atoms. The predicted octanol–water partition coefficient (Wildman–Crippen LogP) is 4.86.